The topological polar surface area (TPSA) is 49.4 Å². The van der Waals surface area contributed by atoms with Gasteiger partial charge in [0.25, 0.3) is 0 Å². The Morgan fingerprint density at radius 1 is 1.10 bits per heavy atom. The van der Waals surface area contributed by atoms with Crippen molar-refractivity contribution < 1.29 is 8.42 Å². The van der Waals surface area contributed by atoms with Crippen LogP contribution < -0.4 is 5.32 Å². The van der Waals surface area contributed by atoms with E-state index in [0.717, 1.165) is 31.5 Å². The Labute approximate surface area is 119 Å². The van der Waals surface area contributed by atoms with Crippen molar-refractivity contribution in [2.75, 3.05) is 13.1 Å². The third kappa shape index (κ3) is 1.80. The van der Waals surface area contributed by atoms with E-state index in [4.69, 9.17) is 0 Å². The van der Waals surface area contributed by atoms with E-state index in [9.17, 15) is 8.42 Å². The van der Waals surface area contributed by atoms with Crippen molar-refractivity contribution in [2.24, 2.45) is 0 Å². The fraction of sp³-hybridized carbons (Fsp3) is 0.467. The van der Waals surface area contributed by atoms with Crippen LogP contribution in [0.4, 0.5) is 0 Å². The Morgan fingerprint density at radius 3 is 2.75 bits per heavy atom. The maximum absolute atomic E-state index is 12.7. The van der Waals surface area contributed by atoms with E-state index in [1.807, 2.05) is 18.2 Å². The second kappa shape index (κ2) is 4.33. The molecular weight excluding hydrogens is 272 g/mol. The maximum atomic E-state index is 12.7. The summed E-state index contributed by atoms with van der Waals surface area (Å²) in [6, 6.07) is 8.26. The van der Waals surface area contributed by atoms with Crippen molar-refractivity contribution in [1.29, 1.82) is 0 Å². The van der Waals surface area contributed by atoms with E-state index in [1.54, 1.807) is 12.1 Å². The summed E-state index contributed by atoms with van der Waals surface area (Å²) < 4.78 is 25.3. The van der Waals surface area contributed by atoms with Crippen molar-refractivity contribution in [3.8, 4) is 0 Å². The molecule has 2 unspecified atom stereocenters. The summed E-state index contributed by atoms with van der Waals surface area (Å²) in [6.07, 6.45) is 5.25. The van der Waals surface area contributed by atoms with E-state index in [0.29, 0.717) is 22.0 Å². The molecular formula is C15H18N2O2S. The van der Waals surface area contributed by atoms with Crippen molar-refractivity contribution >= 4 is 15.9 Å². The molecule has 4 nitrogen and oxygen atoms in total. The highest BCUT2D eigenvalue weighted by Gasteiger charge is 2.37. The van der Waals surface area contributed by atoms with Crippen molar-refractivity contribution in [3.63, 3.8) is 0 Å². The van der Waals surface area contributed by atoms with Gasteiger partial charge >= 0.3 is 0 Å². The van der Waals surface area contributed by atoms with Crippen LogP contribution in [-0.4, -0.2) is 38.5 Å². The summed E-state index contributed by atoms with van der Waals surface area (Å²) in [7, 11) is -3.32. The Kier molecular flexibility index (Phi) is 2.69. The van der Waals surface area contributed by atoms with Crippen LogP contribution in [-0.2, 0) is 9.84 Å². The van der Waals surface area contributed by atoms with Gasteiger partial charge in [-0.1, -0.05) is 18.2 Å². The lowest BCUT2D eigenvalue weighted by molar-refractivity contribution is 0.339. The minimum absolute atomic E-state index is 0.433. The highest BCUT2D eigenvalue weighted by molar-refractivity contribution is 7.95. The summed E-state index contributed by atoms with van der Waals surface area (Å²) in [5, 5.41) is 4.08. The highest BCUT2D eigenvalue weighted by Crippen LogP contribution is 2.36. The molecule has 3 aliphatic rings. The molecule has 0 saturated carbocycles. The van der Waals surface area contributed by atoms with Gasteiger partial charge in [0.05, 0.1) is 4.90 Å². The van der Waals surface area contributed by atoms with Gasteiger partial charge < -0.3 is 10.2 Å². The number of sulfone groups is 1. The first-order chi connectivity index (χ1) is 9.64. The zero-order chi connectivity index (χ0) is 13.7. The second-order valence-electron chi connectivity index (χ2n) is 5.90. The molecule has 3 aliphatic heterocycles. The average molecular weight is 290 g/mol. The molecule has 0 aromatic heterocycles. The lowest BCUT2D eigenvalue weighted by Gasteiger charge is -2.26. The van der Waals surface area contributed by atoms with Crippen LogP contribution in [0.25, 0.3) is 6.08 Å². The lowest BCUT2D eigenvalue weighted by Crippen LogP contribution is -2.36. The van der Waals surface area contributed by atoms with Gasteiger partial charge in [-0.05, 0) is 37.0 Å². The summed E-state index contributed by atoms with van der Waals surface area (Å²) in [5.74, 6) is 0. The number of likely N-dealkylation sites (tertiary alicyclic amines) is 1. The van der Waals surface area contributed by atoms with E-state index in [2.05, 4.69) is 10.2 Å². The molecule has 1 N–H and O–H groups in total. The number of hydrogen-bond acceptors (Lipinski definition) is 4. The van der Waals surface area contributed by atoms with E-state index in [1.165, 1.54) is 6.42 Å². The predicted molar refractivity (Wildman–Crippen MR) is 77.7 cm³/mol. The SMILES string of the molecule is O=S1(=O)C(N2CCC3CCC(C2)N3)=Cc2ccccc21. The molecule has 5 heteroatoms. The van der Waals surface area contributed by atoms with Gasteiger partial charge in [-0.15, -0.1) is 0 Å². The first-order valence-corrected chi connectivity index (χ1v) is 8.70. The molecule has 0 spiro atoms. The van der Waals surface area contributed by atoms with Crippen LogP contribution in [0.1, 0.15) is 24.8 Å². The number of benzene rings is 1. The van der Waals surface area contributed by atoms with E-state index in [-0.39, 0.29) is 0 Å². The molecule has 1 aromatic rings. The Hall–Kier alpha value is -1.33. The quantitative estimate of drug-likeness (QED) is 0.853. The van der Waals surface area contributed by atoms with Gasteiger partial charge in [0.15, 0.2) is 0 Å². The molecule has 2 atom stereocenters. The molecule has 2 bridgehead atoms. The Morgan fingerprint density at radius 2 is 1.90 bits per heavy atom. The van der Waals surface area contributed by atoms with Gasteiger partial charge in [-0.25, -0.2) is 8.42 Å². The number of fused-ring (bicyclic) bond motifs is 3. The van der Waals surface area contributed by atoms with Crippen LogP contribution in [0.3, 0.4) is 0 Å². The van der Waals surface area contributed by atoms with Gasteiger partial charge in [0.2, 0.25) is 9.84 Å². The third-order valence-electron chi connectivity index (χ3n) is 4.60. The second-order valence-corrected chi connectivity index (χ2v) is 7.76. The van der Waals surface area contributed by atoms with Crippen molar-refractivity contribution in [3.05, 3.63) is 34.9 Å². The van der Waals surface area contributed by atoms with Crippen LogP contribution >= 0.6 is 0 Å². The molecule has 0 amide bonds. The highest BCUT2D eigenvalue weighted by atomic mass is 32.2. The smallest absolute Gasteiger partial charge is 0.222 e. The number of rotatable bonds is 1. The minimum Gasteiger partial charge on any atom is -0.360 e. The van der Waals surface area contributed by atoms with Gasteiger partial charge in [0.1, 0.15) is 5.03 Å². The number of nitrogens with zero attached hydrogens (tertiary/aromatic N) is 1. The largest absolute Gasteiger partial charge is 0.360 e. The first kappa shape index (κ1) is 12.4. The standard InChI is InChI=1S/C15H18N2O2S/c18-20(19)14-4-2-1-3-11(14)9-15(20)17-8-7-12-5-6-13(10-17)16-12/h1-4,9,12-13,16H,5-8,10H2. The van der Waals surface area contributed by atoms with Crippen LogP contribution in [0.5, 0.6) is 0 Å². The molecule has 2 saturated heterocycles. The van der Waals surface area contributed by atoms with Gasteiger partial charge in [-0.3, -0.25) is 0 Å². The van der Waals surface area contributed by atoms with Crippen molar-refractivity contribution in [2.45, 2.75) is 36.2 Å². The minimum atomic E-state index is -3.32. The van der Waals surface area contributed by atoms with Crippen LogP contribution in [0.2, 0.25) is 0 Å². The first-order valence-electron chi connectivity index (χ1n) is 7.21. The number of hydrogen-bond donors (Lipinski definition) is 1. The van der Waals surface area contributed by atoms with E-state index >= 15 is 0 Å². The molecule has 1 aromatic carbocycles. The zero-order valence-electron chi connectivity index (χ0n) is 11.2. The average Bonchev–Trinajstić information content (AvgIpc) is 2.89. The number of nitrogens with one attached hydrogen (secondary N) is 1. The molecule has 0 aliphatic carbocycles. The normalized spacial score (nSPS) is 30.8. The molecule has 4 rings (SSSR count). The fourth-order valence-corrected chi connectivity index (χ4v) is 5.28. The van der Waals surface area contributed by atoms with Crippen LogP contribution in [0.15, 0.2) is 34.2 Å². The van der Waals surface area contributed by atoms with E-state index < -0.39 is 9.84 Å². The maximum Gasteiger partial charge on any atom is 0.222 e. The van der Waals surface area contributed by atoms with Crippen molar-refractivity contribution in [1.82, 2.24) is 10.2 Å². The fourth-order valence-electron chi connectivity index (χ4n) is 3.57. The lowest BCUT2D eigenvalue weighted by atomic mass is 10.1. The predicted octanol–water partition coefficient (Wildman–Crippen LogP) is 1.60. The monoisotopic (exact) mass is 290 g/mol. The molecule has 2 fully saturated rings. The molecule has 0 radical (unpaired) electrons. The van der Waals surface area contributed by atoms with Crippen LogP contribution in [0, 0.1) is 0 Å². The summed E-state index contributed by atoms with van der Waals surface area (Å²) in [6.45, 7) is 1.63. The molecule has 20 heavy (non-hydrogen) atoms. The third-order valence-corrected chi connectivity index (χ3v) is 6.48. The van der Waals surface area contributed by atoms with Gasteiger partial charge in [-0.2, -0.15) is 0 Å². The van der Waals surface area contributed by atoms with Gasteiger partial charge in [0, 0.05) is 25.2 Å². The summed E-state index contributed by atoms with van der Waals surface area (Å²) in [4.78, 5) is 2.52. The summed E-state index contributed by atoms with van der Waals surface area (Å²) >= 11 is 0. The zero-order valence-corrected chi connectivity index (χ0v) is 12.1. The Balaban J connectivity index is 1.70. The summed E-state index contributed by atoms with van der Waals surface area (Å²) in [5.41, 5.74) is 0.824. The molecule has 3 heterocycles. The Bertz CT molecular complexity index is 681. The molecule has 106 valence electrons.